The number of aliphatic hydroxyl groups is 1. The van der Waals surface area contributed by atoms with E-state index < -0.39 is 11.2 Å². The molecular formula is C14H21N3O3. The molecule has 0 spiro atoms. The van der Waals surface area contributed by atoms with Crippen LogP contribution in [0.5, 0.6) is 0 Å². The Bertz CT molecular complexity index is 528. The van der Waals surface area contributed by atoms with E-state index in [-0.39, 0.29) is 6.61 Å². The number of aliphatic imine (C=N–C) groups is 2. The Hall–Kier alpha value is -1.82. The minimum atomic E-state index is -0.566. The molecule has 0 radical (unpaired) electrons. The SMILES string of the molecule is CC1(C)OC(/N=C2\C=C(N)OC2(C)C)=CC1=NCCO. The molecular weight excluding hydrogens is 258 g/mol. The lowest BCUT2D eigenvalue weighted by atomic mass is 10.0. The summed E-state index contributed by atoms with van der Waals surface area (Å²) in [5.74, 6) is 0.824. The minimum Gasteiger partial charge on any atom is -0.467 e. The van der Waals surface area contributed by atoms with Gasteiger partial charge in [0.25, 0.3) is 0 Å². The van der Waals surface area contributed by atoms with Crippen molar-refractivity contribution in [2.45, 2.75) is 38.9 Å². The molecule has 0 saturated heterocycles. The second kappa shape index (κ2) is 4.94. The molecule has 0 amide bonds. The molecule has 3 N–H and O–H groups in total. The second-order valence-electron chi connectivity index (χ2n) is 5.74. The standard InChI is InChI=1S/C14H21N3O3/c1-13(2)9(16-5-6-18)8-12(20-13)17-10-7-11(15)19-14(10,3)4/h7-8,18H,5-6,15H2,1-4H3/b16-9?,17-10+. The number of aliphatic hydroxyl groups excluding tert-OH is 1. The predicted octanol–water partition coefficient (Wildman–Crippen LogP) is 1.12. The zero-order valence-electron chi connectivity index (χ0n) is 12.3. The van der Waals surface area contributed by atoms with Crippen molar-refractivity contribution in [3.63, 3.8) is 0 Å². The minimum absolute atomic E-state index is 0.0113. The van der Waals surface area contributed by atoms with Crippen molar-refractivity contribution in [1.29, 1.82) is 0 Å². The quantitative estimate of drug-likeness (QED) is 0.810. The van der Waals surface area contributed by atoms with Gasteiger partial charge in [-0.15, -0.1) is 0 Å². The molecule has 0 aliphatic carbocycles. The van der Waals surface area contributed by atoms with Gasteiger partial charge >= 0.3 is 0 Å². The summed E-state index contributed by atoms with van der Waals surface area (Å²) in [5, 5.41) is 8.86. The maximum Gasteiger partial charge on any atom is 0.216 e. The van der Waals surface area contributed by atoms with Crippen LogP contribution in [0.25, 0.3) is 0 Å². The number of hydrogen-bond donors (Lipinski definition) is 2. The van der Waals surface area contributed by atoms with Gasteiger partial charge in [-0.3, -0.25) is 4.99 Å². The van der Waals surface area contributed by atoms with Crippen LogP contribution in [0, 0.1) is 0 Å². The Kier molecular flexibility index (Phi) is 3.60. The Labute approximate surface area is 118 Å². The Morgan fingerprint density at radius 2 is 1.75 bits per heavy atom. The lowest BCUT2D eigenvalue weighted by molar-refractivity contribution is 0.0997. The Morgan fingerprint density at radius 3 is 2.30 bits per heavy atom. The van der Waals surface area contributed by atoms with Gasteiger partial charge in [0.15, 0.2) is 5.88 Å². The molecule has 6 nitrogen and oxygen atoms in total. The molecule has 2 aliphatic rings. The summed E-state index contributed by atoms with van der Waals surface area (Å²) >= 11 is 0. The van der Waals surface area contributed by atoms with Crippen molar-refractivity contribution in [1.82, 2.24) is 0 Å². The summed E-state index contributed by atoms with van der Waals surface area (Å²) < 4.78 is 11.3. The molecule has 0 fully saturated rings. The van der Waals surface area contributed by atoms with Crippen LogP contribution < -0.4 is 5.73 Å². The van der Waals surface area contributed by atoms with E-state index in [2.05, 4.69) is 9.98 Å². The van der Waals surface area contributed by atoms with E-state index in [0.717, 1.165) is 5.71 Å². The zero-order chi connectivity index (χ0) is 15.0. The van der Waals surface area contributed by atoms with Crippen LogP contribution in [0.15, 0.2) is 33.9 Å². The number of hydrogen-bond acceptors (Lipinski definition) is 6. The van der Waals surface area contributed by atoms with E-state index in [4.69, 9.17) is 20.3 Å². The van der Waals surface area contributed by atoms with Crippen LogP contribution in [0.4, 0.5) is 0 Å². The molecule has 0 aromatic heterocycles. The monoisotopic (exact) mass is 279 g/mol. The molecule has 0 aromatic carbocycles. The molecule has 110 valence electrons. The normalized spacial score (nSPS) is 27.2. The molecule has 2 heterocycles. The van der Waals surface area contributed by atoms with E-state index in [0.29, 0.717) is 24.0 Å². The first kappa shape index (κ1) is 14.6. The fourth-order valence-corrected chi connectivity index (χ4v) is 2.07. The topological polar surface area (TPSA) is 89.4 Å². The van der Waals surface area contributed by atoms with Gasteiger partial charge in [-0.25, -0.2) is 4.99 Å². The lowest BCUT2D eigenvalue weighted by Crippen LogP contribution is -2.30. The maximum atomic E-state index is 8.86. The molecule has 0 atom stereocenters. The van der Waals surface area contributed by atoms with Crippen LogP contribution >= 0.6 is 0 Å². The first-order valence-corrected chi connectivity index (χ1v) is 6.56. The smallest absolute Gasteiger partial charge is 0.216 e. The highest BCUT2D eigenvalue weighted by Crippen LogP contribution is 2.29. The molecule has 0 bridgehead atoms. The maximum absolute atomic E-state index is 8.86. The van der Waals surface area contributed by atoms with Crippen molar-refractivity contribution in [3.05, 3.63) is 23.9 Å². The molecule has 6 heteroatoms. The van der Waals surface area contributed by atoms with Crippen LogP contribution in [0.3, 0.4) is 0 Å². The van der Waals surface area contributed by atoms with Gasteiger partial charge in [-0.2, -0.15) is 0 Å². The highest BCUT2D eigenvalue weighted by Gasteiger charge is 2.36. The number of ether oxygens (including phenoxy) is 2. The van der Waals surface area contributed by atoms with E-state index in [1.807, 2.05) is 27.7 Å². The lowest BCUT2D eigenvalue weighted by Gasteiger charge is -2.21. The van der Waals surface area contributed by atoms with Crippen LogP contribution in [0.2, 0.25) is 0 Å². The van der Waals surface area contributed by atoms with Gasteiger partial charge in [-0.05, 0) is 27.7 Å². The largest absolute Gasteiger partial charge is 0.467 e. The summed E-state index contributed by atoms with van der Waals surface area (Å²) in [6.07, 6.45) is 3.47. The van der Waals surface area contributed by atoms with Gasteiger partial charge < -0.3 is 20.3 Å². The van der Waals surface area contributed by atoms with E-state index in [1.165, 1.54) is 0 Å². The Morgan fingerprint density at radius 1 is 1.10 bits per heavy atom. The summed E-state index contributed by atoms with van der Waals surface area (Å²) in [4.78, 5) is 8.76. The highest BCUT2D eigenvalue weighted by atomic mass is 16.5. The molecule has 20 heavy (non-hydrogen) atoms. The fourth-order valence-electron chi connectivity index (χ4n) is 2.07. The summed E-state index contributed by atoms with van der Waals surface area (Å²) in [6.45, 7) is 7.97. The summed E-state index contributed by atoms with van der Waals surface area (Å²) in [6, 6.07) is 0. The van der Waals surface area contributed by atoms with Gasteiger partial charge in [-0.1, -0.05) is 0 Å². The average Bonchev–Trinajstić information content (AvgIpc) is 2.72. The third-order valence-electron chi connectivity index (χ3n) is 3.12. The Balaban J connectivity index is 2.27. The highest BCUT2D eigenvalue weighted by molar-refractivity contribution is 6.06. The fraction of sp³-hybridized carbons (Fsp3) is 0.571. The molecule has 0 aromatic rings. The predicted molar refractivity (Wildman–Crippen MR) is 77.5 cm³/mol. The van der Waals surface area contributed by atoms with Gasteiger partial charge in [0.1, 0.15) is 11.2 Å². The van der Waals surface area contributed by atoms with Gasteiger partial charge in [0, 0.05) is 12.2 Å². The van der Waals surface area contributed by atoms with Crippen molar-refractivity contribution < 1.29 is 14.6 Å². The molecule has 0 saturated carbocycles. The van der Waals surface area contributed by atoms with Gasteiger partial charge in [0.05, 0.1) is 24.6 Å². The van der Waals surface area contributed by atoms with E-state index >= 15 is 0 Å². The van der Waals surface area contributed by atoms with Gasteiger partial charge in [0.2, 0.25) is 5.88 Å². The zero-order valence-corrected chi connectivity index (χ0v) is 12.3. The van der Waals surface area contributed by atoms with Crippen molar-refractivity contribution in [2.24, 2.45) is 15.7 Å². The van der Waals surface area contributed by atoms with Crippen molar-refractivity contribution in [2.75, 3.05) is 13.2 Å². The number of nitrogens with zero attached hydrogens (tertiary/aromatic N) is 2. The third-order valence-corrected chi connectivity index (χ3v) is 3.12. The number of rotatable bonds is 3. The average molecular weight is 279 g/mol. The van der Waals surface area contributed by atoms with E-state index in [1.54, 1.807) is 12.2 Å². The first-order chi connectivity index (χ1) is 9.24. The van der Waals surface area contributed by atoms with Crippen molar-refractivity contribution >= 4 is 11.4 Å². The first-order valence-electron chi connectivity index (χ1n) is 6.56. The summed E-state index contributed by atoms with van der Waals surface area (Å²) in [5.41, 5.74) is 6.03. The second-order valence-corrected chi connectivity index (χ2v) is 5.74. The van der Waals surface area contributed by atoms with E-state index in [9.17, 15) is 0 Å². The molecule has 2 aliphatic heterocycles. The number of nitrogens with two attached hydrogens (primary N) is 1. The summed E-state index contributed by atoms with van der Waals surface area (Å²) in [7, 11) is 0. The van der Waals surface area contributed by atoms with Crippen LogP contribution in [-0.4, -0.2) is 40.9 Å². The van der Waals surface area contributed by atoms with Crippen LogP contribution in [-0.2, 0) is 9.47 Å². The molecule has 2 rings (SSSR count). The molecule has 0 unspecified atom stereocenters. The third kappa shape index (κ3) is 2.85. The van der Waals surface area contributed by atoms with Crippen molar-refractivity contribution in [3.8, 4) is 0 Å². The van der Waals surface area contributed by atoms with Crippen LogP contribution in [0.1, 0.15) is 27.7 Å².